The standard InChI is InChI=1S/C18H19Cl2N5O/c1-9(13-6-5-12(19)7-14(13)20)21-18(26)16-8-15(22-23-16)17-10(2)24-25(4)11(17)3/h5-9H,1-4H3,(H,21,26)(H,22,23). The van der Waals surface area contributed by atoms with Gasteiger partial charge >= 0.3 is 0 Å². The fraction of sp³-hybridized carbons (Fsp3) is 0.278. The Labute approximate surface area is 161 Å². The number of aryl methyl sites for hydroxylation is 2. The highest BCUT2D eigenvalue weighted by atomic mass is 35.5. The van der Waals surface area contributed by atoms with Crippen LogP contribution in [0.25, 0.3) is 11.3 Å². The summed E-state index contributed by atoms with van der Waals surface area (Å²) in [4.78, 5) is 12.6. The van der Waals surface area contributed by atoms with Crippen LogP contribution in [0.2, 0.25) is 10.0 Å². The summed E-state index contributed by atoms with van der Waals surface area (Å²) in [6.07, 6.45) is 0. The smallest absolute Gasteiger partial charge is 0.269 e. The molecule has 1 amide bonds. The molecule has 0 radical (unpaired) electrons. The van der Waals surface area contributed by atoms with Crippen molar-refractivity contribution < 1.29 is 4.79 Å². The number of H-pyrrole nitrogens is 1. The monoisotopic (exact) mass is 391 g/mol. The van der Waals surface area contributed by atoms with Crippen LogP contribution in [-0.4, -0.2) is 25.9 Å². The van der Waals surface area contributed by atoms with Gasteiger partial charge in [-0.15, -0.1) is 0 Å². The van der Waals surface area contributed by atoms with Crippen molar-refractivity contribution >= 4 is 29.1 Å². The van der Waals surface area contributed by atoms with Crippen LogP contribution in [0.3, 0.4) is 0 Å². The van der Waals surface area contributed by atoms with E-state index in [9.17, 15) is 4.79 Å². The van der Waals surface area contributed by atoms with E-state index in [1.165, 1.54) is 0 Å². The summed E-state index contributed by atoms with van der Waals surface area (Å²) in [7, 11) is 1.88. The molecule has 2 N–H and O–H groups in total. The number of halogens is 2. The maximum atomic E-state index is 12.6. The van der Waals surface area contributed by atoms with E-state index < -0.39 is 0 Å². The van der Waals surface area contributed by atoms with Crippen molar-refractivity contribution in [1.82, 2.24) is 25.3 Å². The van der Waals surface area contributed by atoms with Crippen LogP contribution in [0, 0.1) is 13.8 Å². The summed E-state index contributed by atoms with van der Waals surface area (Å²) in [6, 6.07) is 6.65. The maximum absolute atomic E-state index is 12.6. The zero-order valence-electron chi connectivity index (χ0n) is 14.9. The number of nitrogens with one attached hydrogen (secondary N) is 2. The molecule has 0 saturated carbocycles. The lowest BCUT2D eigenvalue weighted by atomic mass is 10.1. The van der Waals surface area contributed by atoms with Gasteiger partial charge in [-0.3, -0.25) is 14.6 Å². The van der Waals surface area contributed by atoms with Gasteiger partial charge in [0.05, 0.1) is 17.4 Å². The van der Waals surface area contributed by atoms with Crippen molar-refractivity contribution in [3.8, 4) is 11.3 Å². The average molecular weight is 392 g/mol. The van der Waals surface area contributed by atoms with Gasteiger partial charge in [0.1, 0.15) is 5.69 Å². The van der Waals surface area contributed by atoms with Gasteiger partial charge in [-0.1, -0.05) is 29.3 Å². The molecule has 1 aromatic carbocycles. The van der Waals surface area contributed by atoms with Crippen molar-refractivity contribution in [2.75, 3.05) is 0 Å². The number of aromatic amines is 1. The highest BCUT2D eigenvalue weighted by molar-refractivity contribution is 6.35. The zero-order chi connectivity index (χ0) is 19.0. The quantitative estimate of drug-likeness (QED) is 0.698. The second kappa shape index (κ2) is 7.13. The molecule has 2 aromatic heterocycles. The average Bonchev–Trinajstić information content (AvgIpc) is 3.12. The molecule has 0 spiro atoms. The van der Waals surface area contributed by atoms with Gasteiger partial charge in [0, 0.05) is 28.4 Å². The number of aromatic nitrogens is 4. The third kappa shape index (κ3) is 3.48. The van der Waals surface area contributed by atoms with Crippen molar-refractivity contribution in [1.29, 1.82) is 0 Å². The lowest BCUT2D eigenvalue weighted by molar-refractivity contribution is 0.0935. The summed E-state index contributed by atoms with van der Waals surface area (Å²) in [5.74, 6) is -0.263. The molecule has 0 aliphatic carbocycles. The van der Waals surface area contributed by atoms with Crippen molar-refractivity contribution in [2.24, 2.45) is 7.05 Å². The third-order valence-corrected chi connectivity index (χ3v) is 4.93. The minimum Gasteiger partial charge on any atom is -0.344 e. The number of carbonyl (C=O) groups is 1. The Kier molecular flexibility index (Phi) is 5.07. The van der Waals surface area contributed by atoms with E-state index in [-0.39, 0.29) is 11.9 Å². The predicted octanol–water partition coefficient (Wildman–Crippen LogP) is 4.22. The fourth-order valence-corrected chi connectivity index (χ4v) is 3.49. The number of benzene rings is 1. The largest absolute Gasteiger partial charge is 0.344 e. The van der Waals surface area contributed by atoms with Crippen LogP contribution in [0.1, 0.15) is 40.4 Å². The molecule has 136 valence electrons. The lowest BCUT2D eigenvalue weighted by Crippen LogP contribution is -2.27. The normalized spacial score (nSPS) is 12.2. The molecule has 1 unspecified atom stereocenters. The number of nitrogens with zero attached hydrogens (tertiary/aromatic N) is 3. The fourth-order valence-electron chi connectivity index (χ4n) is 2.92. The molecule has 0 fully saturated rings. The summed E-state index contributed by atoms with van der Waals surface area (Å²) < 4.78 is 1.80. The Balaban J connectivity index is 1.80. The molecule has 0 aliphatic rings. The highest BCUT2D eigenvalue weighted by Gasteiger charge is 2.19. The molecule has 8 heteroatoms. The predicted molar refractivity (Wildman–Crippen MR) is 103 cm³/mol. The molecule has 0 bridgehead atoms. The molecule has 2 heterocycles. The second-order valence-electron chi connectivity index (χ2n) is 6.20. The minimum absolute atomic E-state index is 0.263. The number of amides is 1. The molecule has 6 nitrogen and oxygen atoms in total. The van der Waals surface area contributed by atoms with Crippen LogP contribution >= 0.6 is 23.2 Å². The Bertz CT molecular complexity index is 976. The molecule has 26 heavy (non-hydrogen) atoms. The highest BCUT2D eigenvalue weighted by Crippen LogP contribution is 2.27. The molecule has 3 aromatic rings. The second-order valence-corrected chi connectivity index (χ2v) is 7.04. The zero-order valence-corrected chi connectivity index (χ0v) is 16.4. The Hall–Kier alpha value is -2.31. The first-order valence-electron chi connectivity index (χ1n) is 8.09. The number of carbonyl (C=O) groups excluding carboxylic acids is 1. The van der Waals surface area contributed by atoms with Gasteiger partial charge in [0.15, 0.2) is 0 Å². The summed E-state index contributed by atoms with van der Waals surface area (Å²) in [5.41, 5.74) is 4.64. The first kappa shape index (κ1) is 18.5. The van der Waals surface area contributed by atoms with E-state index in [1.54, 1.807) is 28.9 Å². The van der Waals surface area contributed by atoms with E-state index in [2.05, 4.69) is 20.6 Å². The third-order valence-electron chi connectivity index (χ3n) is 4.36. The summed E-state index contributed by atoms with van der Waals surface area (Å²) in [6.45, 7) is 5.75. The molecule has 0 saturated heterocycles. The first-order valence-corrected chi connectivity index (χ1v) is 8.85. The van der Waals surface area contributed by atoms with E-state index in [0.29, 0.717) is 21.4 Å². The van der Waals surface area contributed by atoms with Gasteiger partial charge in [0.2, 0.25) is 0 Å². The van der Waals surface area contributed by atoms with Gasteiger partial charge in [-0.2, -0.15) is 10.2 Å². The van der Waals surface area contributed by atoms with E-state index >= 15 is 0 Å². The number of rotatable bonds is 4. The molecular weight excluding hydrogens is 373 g/mol. The van der Waals surface area contributed by atoms with Gasteiger partial charge in [-0.25, -0.2) is 0 Å². The topological polar surface area (TPSA) is 75.6 Å². The van der Waals surface area contributed by atoms with Crippen molar-refractivity contribution in [2.45, 2.75) is 26.8 Å². The Morgan fingerprint density at radius 3 is 2.62 bits per heavy atom. The van der Waals surface area contributed by atoms with Crippen molar-refractivity contribution in [3.05, 3.63) is 57.0 Å². The van der Waals surface area contributed by atoms with Gasteiger partial charge in [-0.05, 0) is 44.5 Å². The maximum Gasteiger partial charge on any atom is 0.269 e. The first-order chi connectivity index (χ1) is 12.3. The lowest BCUT2D eigenvalue weighted by Gasteiger charge is -2.15. The number of hydrogen-bond donors (Lipinski definition) is 2. The molecular formula is C18H19Cl2N5O. The van der Waals surface area contributed by atoms with Crippen LogP contribution in [-0.2, 0) is 7.05 Å². The number of hydrogen-bond acceptors (Lipinski definition) is 3. The molecule has 3 rings (SSSR count). The van der Waals surface area contributed by atoms with Crippen LogP contribution in [0.15, 0.2) is 24.3 Å². The minimum atomic E-state index is -0.277. The van der Waals surface area contributed by atoms with Gasteiger partial charge in [0.25, 0.3) is 5.91 Å². The summed E-state index contributed by atoms with van der Waals surface area (Å²) >= 11 is 12.1. The Morgan fingerprint density at radius 1 is 1.27 bits per heavy atom. The molecule has 1 atom stereocenters. The van der Waals surface area contributed by atoms with E-state index in [0.717, 1.165) is 22.5 Å². The van der Waals surface area contributed by atoms with Crippen LogP contribution in [0.5, 0.6) is 0 Å². The summed E-state index contributed by atoms with van der Waals surface area (Å²) in [5, 5.41) is 15.4. The van der Waals surface area contributed by atoms with Crippen LogP contribution < -0.4 is 5.32 Å². The van der Waals surface area contributed by atoms with Crippen molar-refractivity contribution in [3.63, 3.8) is 0 Å². The van der Waals surface area contributed by atoms with Gasteiger partial charge < -0.3 is 5.32 Å². The Morgan fingerprint density at radius 2 is 2.00 bits per heavy atom. The molecule has 0 aliphatic heterocycles. The van der Waals surface area contributed by atoms with Crippen LogP contribution in [0.4, 0.5) is 0 Å². The van der Waals surface area contributed by atoms with E-state index in [1.807, 2.05) is 27.8 Å². The SMILES string of the molecule is Cc1nn(C)c(C)c1-c1cc(C(=O)NC(C)c2ccc(Cl)cc2Cl)[nH]n1. The van der Waals surface area contributed by atoms with E-state index in [4.69, 9.17) is 23.2 Å².